The Labute approximate surface area is 147 Å². The maximum absolute atomic E-state index is 13.5. The minimum absolute atomic E-state index is 0.0712. The highest BCUT2D eigenvalue weighted by atomic mass is 32.1. The number of nitrogens with zero attached hydrogens (tertiary/aromatic N) is 2. The van der Waals surface area contributed by atoms with Gasteiger partial charge in [0.25, 0.3) is 5.91 Å². The molecule has 0 aliphatic carbocycles. The summed E-state index contributed by atoms with van der Waals surface area (Å²) in [6, 6.07) is 1.25. The lowest BCUT2D eigenvalue weighted by atomic mass is 10.0. The van der Waals surface area contributed by atoms with Crippen molar-refractivity contribution in [1.82, 2.24) is 15.1 Å². The second kappa shape index (κ2) is 6.70. The molecule has 0 unspecified atom stereocenters. The van der Waals surface area contributed by atoms with Gasteiger partial charge in [0.05, 0.1) is 12.2 Å². The Kier molecular flexibility index (Phi) is 4.77. The summed E-state index contributed by atoms with van der Waals surface area (Å²) in [5.41, 5.74) is 0.135. The van der Waals surface area contributed by atoms with E-state index in [1.165, 1.54) is 17.5 Å². The summed E-state index contributed by atoms with van der Waals surface area (Å²) in [5, 5.41) is 11.5. The van der Waals surface area contributed by atoms with Crippen LogP contribution in [0.2, 0.25) is 0 Å². The van der Waals surface area contributed by atoms with Crippen LogP contribution in [-0.2, 0) is 0 Å². The van der Waals surface area contributed by atoms with Crippen molar-refractivity contribution in [2.75, 3.05) is 5.32 Å². The lowest BCUT2D eigenvalue weighted by Gasteiger charge is -2.33. The number of nitrogens with one attached hydrogen (secondary N) is 2. The largest absolute Gasteiger partial charge is 0.410 e. The van der Waals surface area contributed by atoms with Crippen LogP contribution in [0.25, 0.3) is 0 Å². The minimum atomic E-state index is -4.44. The molecule has 136 valence electrons. The van der Waals surface area contributed by atoms with Crippen molar-refractivity contribution >= 4 is 23.1 Å². The normalized spacial score (nSPS) is 21.3. The predicted molar refractivity (Wildman–Crippen MR) is 89.8 cm³/mol. The van der Waals surface area contributed by atoms with E-state index in [2.05, 4.69) is 15.7 Å². The molecule has 1 aliphatic rings. The predicted octanol–water partition coefficient (Wildman–Crippen LogP) is 4.13. The van der Waals surface area contributed by atoms with E-state index < -0.39 is 24.2 Å². The highest BCUT2D eigenvalue weighted by Gasteiger charge is 2.47. The molecule has 9 heteroatoms. The molecule has 2 aromatic heterocycles. The fourth-order valence-electron chi connectivity index (χ4n) is 2.81. The van der Waals surface area contributed by atoms with Crippen molar-refractivity contribution in [2.24, 2.45) is 0 Å². The molecule has 0 fully saturated rings. The van der Waals surface area contributed by atoms with Crippen LogP contribution in [0.5, 0.6) is 0 Å². The van der Waals surface area contributed by atoms with Gasteiger partial charge in [0, 0.05) is 17.3 Å². The van der Waals surface area contributed by atoms with E-state index in [1.807, 2.05) is 19.2 Å². The van der Waals surface area contributed by atoms with Crippen LogP contribution in [0.1, 0.15) is 54.0 Å². The first-order valence-electron chi connectivity index (χ1n) is 8.06. The Morgan fingerprint density at radius 2 is 2.32 bits per heavy atom. The smallest absolute Gasteiger partial charge is 0.362 e. The average molecular weight is 372 g/mol. The van der Waals surface area contributed by atoms with Gasteiger partial charge in [-0.25, -0.2) is 4.68 Å². The summed E-state index contributed by atoms with van der Waals surface area (Å²) in [5.74, 6) is -0.302. The molecule has 3 heterocycles. The molecule has 0 saturated heterocycles. The van der Waals surface area contributed by atoms with E-state index in [4.69, 9.17) is 0 Å². The second-order valence-corrected chi connectivity index (χ2v) is 7.12. The van der Waals surface area contributed by atoms with Gasteiger partial charge < -0.3 is 10.6 Å². The Balaban J connectivity index is 1.97. The lowest BCUT2D eigenvalue weighted by molar-refractivity contribution is -0.173. The second-order valence-electron chi connectivity index (χ2n) is 6.14. The highest BCUT2D eigenvalue weighted by molar-refractivity contribution is 7.10. The van der Waals surface area contributed by atoms with Crippen LogP contribution >= 0.6 is 11.3 Å². The van der Waals surface area contributed by atoms with E-state index in [0.29, 0.717) is 0 Å². The zero-order valence-electron chi connectivity index (χ0n) is 13.8. The third-order valence-corrected chi connectivity index (χ3v) is 5.35. The van der Waals surface area contributed by atoms with Crippen molar-refractivity contribution in [3.8, 4) is 0 Å². The number of carbonyl (C=O) groups excluding carboxylic acids is 1. The number of rotatable bonds is 4. The number of hydrogen-bond acceptors (Lipinski definition) is 4. The zero-order valence-corrected chi connectivity index (χ0v) is 14.6. The van der Waals surface area contributed by atoms with E-state index in [9.17, 15) is 18.0 Å². The minimum Gasteiger partial charge on any atom is -0.362 e. The van der Waals surface area contributed by atoms with Gasteiger partial charge in [-0.15, -0.1) is 11.3 Å². The average Bonchev–Trinajstić information content (AvgIpc) is 3.22. The number of hydrogen-bond donors (Lipinski definition) is 2. The third-order valence-electron chi connectivity index (χ3n) is 4.36. The van der Waals surface area contributed by atoms with Gasteiger partial charge in [0.2, 0.25) is 0 Å². The standard InChI is InChI=1S/C16H19F3N4OS/c1-3-9(2)21-15(24)10-8-20-23-13(16(17,18)19)7-11(22-14(10)23)12-5-4-6-25-12/h4-6,8-9,11,13,22H,3,7H2,1-2H3,(H,21,24)/t9-,11-,13+/m1/s1. The van der Waals surface area contributed by atoms with Crippen LogP contribution in [0.3, 0.4) is 0 Å². The van der Waals surface area contributed by atoms with Crippen molar-refractivity contribution in [3.63, 3.8) is 0 Å². The first-order chi connectivity index (χ1) is 11.8. The van der Waals surface area contributed by atoms with Gasteiger partial charge in [0.15, 0.2) is 6.04 Å². The maximum atomic E-state index is 13.5. The molecule has 0 bridgehead atoms. The van der Waals surface area contributed by atoms with Crippen molar-refractivity contribution in [3.05, 3.63) is 34.2 Å². The molecule has 0 aromatic carbocycles. The summed E-state index contributed by atoms with van der Waals surface area (Å²) in [6.07, 6.45) is -2.67. The third kappa shape index (κ3) is 3.51. The molecule has 0 radical (unpaired) electrons. The van der Waals surface area contributed by atoms with Crippen molar-refractivity contribution < 1.29 is 18.0 Å². The molecule has 1 amide bonds. The first-order valence-corrected chi connectivity index (χ1v) is 8.94. The number of anilines is 1. The van der Waals surface area contributed by atoms with E-state index in [-0.39, 0.29) is 23.8 Å². The SMILES string of the molecule is CC[C@@H](C)NC(=O)c1cnn2c1N[C@@H](c1cccs1)C[C@H]2C(F)(F)F. The van der Waals surface area contributed by atoms with Crippen LogP contribution in [0.4, 0.5) is 19.0 Å². The van der Waals surface area contributed by atoms with Crippen LogP contribution in [-0.4, -0.2) is 27.9 Å². The number of fused-ring (bicyclic) bond motifs is 1. The number of carbonyl (C=O) groups is 1. The fraction of sp³-hybridized carbons (Fsp3) is 0.500. The Hall–Kier alpha value is -2.03. The fourth-order valence-corrected chi connectivity index (χ4v) is 3.60. The summed E-state index contributed by atoms with van der Waals surface area (Å²) >= 11 is 1.39. The van der Waals surface area contributed by atoms with E-state index in [1.54, 1.807) is 12.1 Å². The Morgan fingerprint density at radius 3 is 2.92 bits per heavy atom. The molecule has 0 saturated carbocycles. The van der Waals surface area contributed by atoms with Gasteiger partial charge >= 0.3 is 6.18 Å². The molecule has 3 atom stereocenters. The van der Waals surface area contributed by atoms with Gasteiger partial charge in [-0.2, -0.15) is 18.3 Å². The summed E-state index contributed by atoms with van der Waals surface area (Å²) in [7, 11) is 0. The number of thiophene rings is 1. The molecule has 0 spiro atoms. The van der Waals surface area contributed by atoms with Gasteiger partial charge in [-0.3, -0.25) is 4.79 Å². The molecule has 25 heavy (non-hydrogen) atoms. The Bertz CT molecular complexity index is 741. The monoisotopic (exact) mass is 372 g/mol. The van der Waals surface area contributed by atoms with E-state index in [0.717, 1.165) is 16.0 Å². The van der Waals surface area contributed by atoms with Gasteiger partial charge in [-0.05, 0) is 24.8 Å². The molecule has 3 rings (SSSR count). The lowest BCUT2D eigenvalue weighted by Crippen LogP contribution is -2.37. The molecule has 2 N–H and O–H groups in total. The topological polar surface area (TPSA) is 59.0 Å². The summed E-state index contributed by atoms with van der Waals surface area (Å²) in [4.78, 5) is 13.2. The zero-order chi connectivity index (χ0) is 18.2. The number of aromatic nitrogens is 2. The van der Waals surface area contributed by atoms with Gasteiger partial charge in [-0.1, -0.05) is 13.0 Å². The number of alkyl halides is 3. The van der Waals surface area contributed by atoms with Crippen molar-refractivity contribution in [1.29, 1.82) is 0 Å². The molecule has 2 aromatic rings. The summed E-state index contributed by atoms with van der Waals surface area (Å²) in [6.45, 7) is 3.76. The van der Waals surface area contributed by atoms with Crippen molar-refractivity contribution in [2.45, 2.75) is 51.0 Å². The van der Waals surface area contributed by atoms with E-state index >= 15 is 0 Å². The number of amides is 1. The first kappa shape index (κ1) is 17.8. The molecular weight excluding hydrogens is 353 g/mol. The summed E-state index contributed by atoms with van der Waals surface area (Å²) < 4.78 is 41.5. The quantitative estimate of drug-likeness (QED) is 0.848. The highest BCUT2D eigenvalue weighted by Crippen LogP contribution is 2.44. The Morgan fingerprint density at radius 1 is 1.56 bits per heavy atom. The maximum Gasteiger partial charge on any atom is 0.410 e. The van der Waals surface area contributed by atoms with Crippen LogP contribution < -0.4 is 10.6 Å². The molecular formula is C16H19F3N4OS. The van der Waals surface area contributed by atoms with Crippen LogP contribution in [0.15, 0.2) is 23.7 Å². The number of halogens is 3. The van der Waals surface area contributed by atoms with Gasteiger partial charge in [0.1, 0.15) is 11.4 Å². The van der Waals surface area contributed by atoms with Crippen LogP contribution in [0, 0.1) is 0 Å². The molecule has 1 aliphatic heterocycles. The molecule has 5 nitrogen and oxygen atoms in total.